The highest BCUT2D eigenvalue weighted by atomic mass is 16.5. The van der Waals surface area contributed by atoms with E-state index in [1.165, 1.54) is 0 Å². The van der Waals surface area contributed by atoms with Gasteiger partial charge in [-0.15, -0.1) is 0 Å². The molecule has 1 aromatic heterocycles. The van der Waals surface area contributed by atoms with Crippen LogP contribution in [0.1, 0.15) is 16.8 Å². The molecular weight excluding hydrogens is 178 g/mol. The van der Waals surface area contributed by atoms with Gasteiger partial charge in [0.15, 0.2) is 6.61 Å². The molecule has 14 heavy (non-hydrogen) atoms. The van der Waals surface area contributed by atoms with Crippen molar-refractivity contribution in [2.45, 2.75) is 13.8 Å². The van der Waals surface area contributed by atoms with Crippen LogP contribution >= 0.6 is 0 Å². The maximum absolute atomic E-state index is 8.84. The number of aryl methyl sites for hydroxylation is 2. The average Bonchev–Trinajstić information content (AvgIpc) is 2.14. The number of hydrogen-bond donors (Lipinski definition) is 0. The van der Waals surface area contributed by atoms with Gasteiger partial charge in [-0.3, -0.25) is 0 Å². The normalized spacial score (nSPS) is 8.86. The minimum absolute atomic E-state index is 0.0927. The van der Waals surface area contributed by atoms with E-state index < -0.39 is 0 Å². The molecule has 1 aromatic rings. The first-order chi connectivity index (χ1) is 6.69. The first kappa shape index (κ1) is 10.0. The second-order valence-electron chi connectivity index (χ2n) is 2.82. The number of rotatable bonds is 2. The fraction of sp³-hybridized carbons (Fsp3) is 0.300. The van der Waals surface area contributed by atoms with Crippen LogP contribution in [0.2, 0.25) is 0 Å². The van der Waals surface area contributed by atoms with Crippen molar-refractivity contribution in [1.29, 1.82) is 10.5 Å². The highest BCUT2D eigenvalue weighted by Crippen LogP contribution is 2.19. The Balaban J connectivity index is 3.14. The van der Waals surface area contributed by atoms with Gasteiger partial charge in [-0.25, -0.2) is 4.98 Å². The highest BCUT2D eigenvalue weighted by molar-refractivity contribution is 5.45. The van der Waals surface area contributed by atoms with Crippen LogP contribution in [0.15, 0.2) is 6.07 Å². The molecule has 1 rings (SSSR count). The van der Waals surface area contributed by atoms with E-state index in [0.29, 0.717) is 5.56 Å². The summed E-state index contributed by atoms with van der Waals surface area (Å²) in [6.07, 6.45) is 0. The van der Waals surface area contributed by atoms with Gasteiger partial charge in [-0.1, -0.05) is 0 Å². The molecular formula is C10H9N3O. The van der Waals surface area contributed by atoms with Crippen LogP contribution in [0, 0.1) is 36.5 Å². The van der Waals surface area contributed by atoms with Gasteiger partial charge in [0.2, 0.25) is 5.88 Å². The lowest BCUT2D eigenvalue weighted by atomic mass is 10.1. The van der Waals surface area contributed by atoms with E-state index in [1.54, 1.807) is 6.07 Å². The predicted octanol–water partition coefficient (Wildman–Crippen LogP) is 1.47. The molecule has 4 heteroatoms. The molecule has 0 unspecified atom stereocenters. The lowest BCUT2D eigenvalue weighted by molar-refractivity contribution is 0.351. The van der Waals surface area contributed by atoms with Crippen molar-refractivity contribution in [3.63, 3.8) is 0 Å². The van der Waals surface area contributed by atoms with Crippen LogP contribution < -0.4 is 4.74 Å². The number of aromatic nitrogens is 1. The Kier molecular flexibility index (Phi) is 3.04. The summed E-state index contributed by atoms with van der Waals surface area (Å²) in [7, 11) is 0. The number of ether oxygens (including phenoxy) is 1. The van der Waals surface area contributed by atoms with Crippen LogP contribution in [-0.2, 0) is 0 Å². The summed E-state index contributed by atoms with van der Waals surface area (Å²) < 4.78 is 5.04. The fourth-order valence-corrected chi connectivity index (χ4v) is 1.14. The molecule has 4 nitrogen and oxygen atoms in total. The molecule has 0 N–H and O–H groups in total. The SMILES string of the molecule is Cc1cc(C)c(C#N)c(OCC#N)n1. The van der Waals surface area contributed by atoms with Crippen molar-refractivity contribution in [2.75, 3.05) is 6.61 Å². The highest BCUT2D eigenvalue weighted by Gasteiger charge is 2.08. The third-order valence-electron chi connectivity index (χ3n) is 1.70. The molecule has 0 aliphatic rings. The van der Waals surface area contributed by atoms with Crippen LogP contribution in [0.5, 0.6) is 5.88 Å². The van der Waals surface area contributed by atoms with Gasteiger partial charge in [-0.2, -0.15) is 10.5 Å². The van der Waals surface area contributed by atoms with Crippen molar-refractivity contribution < 1.29 is 4.74 Å². The summed E-state index contributed by atoms with van der Waals surface area (Å²) in [6, 6.07) is 5.64. The van der Waals surface area contributed by atoms with Gasteiger partial charge < -0.3 is 4.74 Å². The third-order valence-corrected chi connectivity index (χ3v) is 1.70. The van der Waals surface area contributed by atoms with Crippen molar-refractivity contribution in [1.82, 2.24) is 4.98 Å². The predicted molar refractivity (Wildman–Crippen MR) is 49.5 cm³/mol. The molecule has 0 amide bonds. The van der Waals surface area contributed by atoms with Crippen molar-refractivity contribution in [3.05, 3.63) is 22.9 Å². The van der Waals surface area contributed by atoms with Crippen molar-refractivity contribution in [2.24, 2.45) is 0 Å². The molecule has 0 saturated heterocycles. The molecule has 0 aliphatic carbocycles. The van der Waals surface area contributed by atoms with E-state index in [9.17, 15) is 0 Å². The van der Waals surface area contributed by atoms with Crippen molar-refractivity contribution >= 4 is 0 Å². The zero-order valence-corrected chi connectivity index (χ0v) is 8.03. The van der Waals surface area contributed by atoms with Crippen molar-refractivity contribution in [3.8, 4) is 18.0 Å². The Morgan fingerprint density at radius 1 is 1.43 bits per heavy atom. The Bertz CT molecular complexity index is 426. The Hall–Kier alpha value is -2.07. The fourth-order valence-electron chi connectivity index (χ4n) is 1.14. The van der Waals surface area contributed by atoms with E-state index in [-0.39, 0.29) is 12.5 Å². The summed E-state index contributed by atoms with van der Waals surface area (Å²) >= 11 is 0. The van der Waals surface area contributed by atoms with E-state index in [2.05, 4.69) is 4.98 Å². The summed E-state index contributed by atoms with van der Waals surface area (Å²) in [4.78, 5) is 4.05. The minimum atomic E-state index is -0.0927. The maximum Gasteiger partial charge on any atom is 0.233 e. The van der Waals surface area contributed by atoms with Gasteiger partial charge in [0.1, 0.15) is 17.7 Å². The zero-order chi connectivity index (χ0) is 10.6. The molecule has 70 valence electrons. The number of nitrogens with zero attached hydrogens (tertiary/aromatic N) is 3. The van der Waals surface area contributed by atoms with Crippen LogP contribution in [0.4, 0.5) is 0 Å². The smallest absolute Gasteiger partial charge is 0.233 e. The minimum Gasteiger partial charge on any atom is -0.461 e. The standard InChI is InChI=1S/C10H9N3O/c1-7-5-8(2)13-10(9(7)6-12)14-4-3-11/h5H,4H2,1-2H3. The van der Waals surface area contributed by atoms with Gasteiger partial charge in [0.25, 0.3) is 0 Å². The monoisotopic (exact) mass is 187 g/mol. The van der Waals surface area contributed by atoms with E-state index in [1.807, 2.05) is 26.0 Å². The van der Waals surface area contributed by atoms with Gasteiger partial charge >= 0.3 is 0 Å². The quantitative estimate of drug-likeness (QED) is 0.703. The van der Waals surface area contributed by atoms with E-state index in [4.69, 9.17) is 15.3 Å². The molecule has 0 aromatic carbocycles. The topological polar surface area (TPSA) is 69.7 Å². The summed E-state index contributed by atoms with van der Waals surface area (Å²) in [6.45, 7) is 3.53. The summed E-state index contributed by atoms with van der Waals surface area (Å²) in [5, 5.41) is 17.2. The Morgan fingerprint density at radius 3 is 2.71 bits per heavy atom. The molecule has 0 bridgehead atoms. The van der Waals surface area contributed by atoms with Gasteiger partial charge in [0.05, 0.1) is 0 Å². The molecule has 0 spiro atoms. The van der Waals surface area contributed by atoms with E-state index >= 15 is 0 Å². The maximum atomic E-state index is 8.84. The molecule has 0 atom stereocenters. The largest absolute Gasteiger partial charge is 0.461 e. The van der Waals surface area contributed by atoms with Crippen LogP contribution in [-0.4, -0.2) is 11.6 Å². The third kappa shape index (κ3) is 1.99. The average molecular weight is 187 g/mol. The second kappa shape index (κ2) is 4.25. The Labute approximate surface area is 82.4 Å². The molecule has 0 aliphatic heterocycles. The first-order valence-corrected chi connectivity index (χ1v) is 4.07. The first-order valence-electron chi connectivity index (χ1n) is 4.07. The Morgan fingerprint density at radius 2 is 2.14 bits per heavy atom. The summed E-state index contributed by atoms with van der Waals surface area (Å²) in [5.41, 5.74) is 1.98. The molecule has 0 radical (unpaired) electrons. The molecule has 0 saturated carbocycles. The van der Waals surface area contributed by atoms with Gasteiger partial charge in [0, 0.05) is 5.69 Å². The lowest BCUT2D eigenvalue weighted by Crippen LogP contribution is -2.01. The zero-order valence-electron chi connectivity index (χ0n) is 8.03. The van der Waals surface area contributed by atoms with Gasteiger partial charge in [-0.05, 0) is 25.5 Å². The molecule has 0 fully saturated rings. The summed E-state index contributed by atoms with van der Waals surface area (Å²) in [5.74, 6) is 0.242. The van der Waals surface area contributed by atoms with E-state index in [0.717, 1.165) is 11.3 Å². The number of nitriles is 2. The number of pyridine rings is 1. The number of hydrogen-bond acceptors (Lipinski definition) is 4. The van der Waals surface area contributed by atoms with Crippen LogP contribution in [0.3, 0.4) is 0 Å². The lowest BCUT2D eigenvalue weighted by Gasteiger charge is -2.06. The second-order valence-corrected chi connectivity index (χ2v) is 2.82. The van der Waals surface area contributed by atoms with Crippen LogP contribution in [0.25, 0.3) is 0 Å². The molecule has 1 heterocycles.